The Morgan fingerprint density at radius 3 is 2.56 bits per heavy atom. The monoisotopic (exact) mass is 342 g/mol. The molecule has 0 atom stereocenters. The standard InChI is InChI=1S/C20H26N2O3/c1-3-12-22(13-14-23)20(24)21-19-11-7-8-17(16(19)2)15-25-18-9-5-4-6-10-18/h4-11,23H,3,12-15H2,1-2H3,(H,21,24). The Morgan fingerprint density at radius 1 is 1.12 bits per heavy atom. The minimum atomic E-state index is -0.194. The molecule has 0 bridgehead atoms. The summed E-state index contributed by atoms with van der Waals surface area (Å²) in [6, 6.07) is 15.2. The van der Waals surface area contributed by atoms with E-state index in [-0.39, 0.29) is 12.6 Å². The molecular formula is C20H26N2O3. The Hall–Kier alpha value is -2.53. The van der Waals surface area contributed by atoms with Crippen molar-refractivity contribution in [2.75, 3.05) is 25.0 Å². The van der Waals surface area contributed by atoms with E-state index in [9.17, 15) is 4.79 Å². The maximum atomic E-state index is 12.4. The van der Waals surface area contributed by atoms with E-state index >= 15 is 0 Å². The van der Waals surface area contributed by atoms with Crippen molar-refractivity contribution in [1.82, 2.24) is 4.90 Å². The number of nitrogens with one attached hydrogen (secondary N) is 1. The van der Waals surface area contributed by atoms with Gasteiger partial charge < -0.3 is 20.1 Å². The molecule has 0 fully saturated rings. The molecule has 0 saturated carbocycles. The predicted molar refractivity (Wildman–Crippen MR) is 99.9 cm³/mol. The smallest absolute Gasteiger partial charge is 0.321 e. The first-order chi connectivity index (χ1) is 12.2. The van der Waals surface area contributed by atoms with Crippen LogP contribution in [0.1, 0.15) is 24.5 Å². The maximum absolute atomic E-state index is 12.4. The van der Waals surface area contributed by atoms with Crippen molar-refractivity contribution in [1.29, 1.82) is 0 Å². The number of nitrogens with zero attached hydrogens (tertiary/aromatic N) is 1. The number of urea groups is 1. The number of benzene rings is 2. The fraction of sp³-hybridized carbons (Fsp3) is 0.350. The van der Waals surface area contributed by atoms with Crippen molar-refractivity contribution in [2.45, 2.75) is 26.9 Å². The van der Waals surface area contributed by atoms with E-state index in [0.29, 0.717) is 19.7 Å². The van der Waals surface area contributed by atoms with Gasteiger partial charge >= 0.3 is 6.03 Å². The molecule has 0 aliphatic heterocycles. The molecule has 25 heavy (non-hydrogen) atoms. The number of ether oxygens (including phenoxy) is 1. The van der Waals surface area contributed by atoms with Gasteiger partial charge in [-0.15, -0.1) is 0 Å². The summed E-state index contributed by atoms with van der Waals surface area (Å²) in [5.74, 6) is 0.813. The molecule has 5 heteroatoms. The summed E-state index contributed by atoms with van der Waals surface area (Å²) in [5.41, 5.74) is 2.76. The molecule has 0 unspecified atom stereocenters. The summed E-state index contributed by atoms with van der Waals surface area (Å²) < 4.78 is 5.80. The highest BCUT2D eigenvalue weighted by Crippen LogP contribution is 2.21. The number of para-hydroxylation sites is 1. The van der Waals surface area contributed by atoms with E-state index in [1.165, 1.54) is 0 Å². The minimum Gasteiger partial charge on any atom is -0.489 e. The van der Waals surface area contributed by atoms with Crippen LogP contribution in [0.5, 0.6) is 5.75 Å². The molecule has 0 saturated heterocycles. The van der Waals surface area contributed by atoms with Gasteiger partial charge in [-0.3, -0.25) is 0 Å². The van der Waals surface area contributed by atoms with Crippen LogP contribution in [0.15, 0.2) is 48.5 Å². The van der Waals surface area contributed by atoms with Crippen molar-refractivity contribution in [2.24, 2.45) is 0 Å². The first-order valence-corrected chi connectivity index (χ1v) is 8.58. The zero-order valence-corrected chi connectivity index (χ0v) is 14.9. The number of hydrogen-bond donors (Lipinski definition) is 2. The van der Waals surface area contributed by atoms with Crippen molar-refractivity contribution < 1.29 is 14.6 Å². The van der Waals surface area contributed by atoms with Gasteiger partial charge in [0, 0.05) is 18.8 Å². The zero-order chi connectivity index (χ0) is 18.1. The fourth-order valence-electron chi connectivity index (χ4n) is 2.55. The van der Waals surface area contributed by atoms with Crippen molar-refractivity contribution >= 4 is 11.7 Å². The third-order valence-electron chi connectivity index (χ3n) is 3.98. The van der Waals surface area contributed by atoms with Crippen molar-refractivity contribution in [3.63, 3.8) is 0 Å². The molecular weight excluding hydrogens is 316 g/mol. The molecule has 0 radical (unpaired) electrons. The maximum Gasteiger partial charge on any atom is 0.321 e. The Labute approximate surface area is 149 Å². The van der Waals surface area contributed by atoms with E-state index in [0.717, 1.165) is 29.0 Å². The highest BCUT2D eigenvalue weighted by atomic mass is 16.5. The lowest BCUT2D eigenvalue weighted by Crippen LogP contribution is -2.37. The normalized spacial score (nSPS) is 10.4. The largest absolute Gasteiger partial charge is 0.489 e. The highest BCUT2D eigenvalue weighted by molar-refractivity contribution is 5.90. The molecule has 0 aromatic heterocycles. The number of amides is 2. The van der Waals surface area contributed by atoms with Gasteiger partial charge in [-0.1, -0.05) is 37.3 Å². The van der Waals surface area contributed by atoms with Gasteiger partial charge in [-0.2, -0.15) is 0 Å². The molecule has 2 N–H and O–H groups in total. The first kappa shape index (κ1) is 18.8. The molecule has 2 amide bonds. The number of carbonyl (C=O) groups is 1. The Bertz CT molecular complexity index is 668. The van der Waals surface area contributed by atoms with Crippen LogP contribution in [0, 0.1) is 6.92 Å². The van der Waals surface area contributed by atoms with E-state index in [1.807, 2.05) is 62.4 Å². The lowest BCUT2D eigenvalue weighted by molar-refractivity contribution is 0.188. The number of hydrogen-bond acceptors (Lipinski definition) is 3. The van der Waals surface area contributed by atoms with Crippen LogP contribution >= 0.6 is 0 Å². The SMILES string of the molecule is CCCN(CCO)C(=O)Nc1cccc(COc2ccccc2)c1C. The van der Waals surface area contributed by atoms with Gasteiger partial charge in [0.05, 0.1) is 6.61 Å². The molecule has 5 nitrogen and oxygen atoms in total. The second-order valence-electron chi connectivity index (χ2n) is 5.83. The van der Waals surface area contributed by atoms with Crippen LogP contribution in [-0.2, 0) is 6.61 Å². The van der Waals surface area contributed by atoms with Crippen LogP contribution in [0.4, 0.5) is 10.5 Å². The first-order valence-electron chi connectivity index (χ1n) is 8.58. The lowest BCUT2D eigenvalue weighted by Gasteiger charge is -2.22. The second-order valence-corrected chi connectivity index (χ2v) is 5.83. The summed E-state index contributed by atoms with van der Waals surface area (Å²) >= 11 is 0. The predicted octanol–water partition coefficient (Wildman–Crippen LogP) is 3.81. The number of aliphatic hydroxyl groups is 1. The summed E-state index contributed by atoms with van der Waals surface area (Å²) in [5, 5.41) is 12.1. The number of aliphatic hydroxyl groups excluding tert-OH is 1. The summed E-state index contributed by atoms with van der Waals surface area (Å²) in [6.07, 6.45) is 0.845. The molecule has 0 heterocycles. The average molecular weight is 342 g/mol. The van der Waals surface area contributed by atoms with Gasteiger partial charge in [0.15, 0.2) is 0 Å². The third-order valence-corrected chi connectivity index (χ3v) is 3.98. The summed E-state index contributed by atoms with van der Waals surface area (Å²) in [6.45, 7) is 5.31. The van der Waals surface area contributed by atoms with Crippen molar-refractivity contribution in [3.05, 3.63) is 59.7 Å². The van der Waals surface area contributed by atoms with Gasteiger partial charge in [-0.25, -0.2) is 4.79 Å². The second kappa shape index (κ2) is 9.69. The molecule has 134 valence electrons. The van der Waals surface area contributed by atoms with Crippen molar-refractivity contribution in [3.8, 4) is 5.75 Å². The van der Waals surface area contributed by atoms with Crippen LogP contribution in [0.3, 0.4) is 0 Å². The fourth-order valence-corrected chi connectivity index (χ4v) is 2.55. The van der Waals surface area contributed by atoms with Gasteiger partial charge in [0.1, 0.15) is 12.4 Å². The Kier molecular flexibility index (Phi) is 7.29. The number of carbonyl (C=O) groups excluding carboxylic acids is 1. The highest BCUT2D eigenvalue weighted by Gasteiger charge is 2.14. The zero-order valence-electron chi connectivity index (χ0n) is 14.9. The molecule has 0 aliphatic rings. The van der Waals surface area contributed by atoms with E-state index in [4.69, 9.17) is 9.84 Å². The summed E-state index contributed by atoms with van der Waals surface area (Å²) in [7, 11) is 0. The minimum absolute atomic E-state index is 0.0443. The van der Waals surface area contributed by atoms with E-state index in [2.05, 4.69) is 5.32 Å². The number of rotatable bonds is 8. The van der Waals surface area contributed by atoms with Gasteiger partial charge in [0.25, 0.3) is 0 Å². The van der Waals surface area contributed by atoms with Gasteiger partial charge in [-0.05, 0) is 42.7 Å². The lowest BCUT2D eigenvalue weighted by atomic mass is 10.1. The molecule has 2 rings (SSSR count). The third kappa shape index (κ3) is 5.50. The molecule has 2 aromatic rings. The average Bonchev–Trinajstić information content (AvgIpc) is 2.63. The molecule has 0 spiro atoms. The number of anilines is 1. The van der Waals surface area contributed by atoms with Crippen LogP contribution in [0.25, 0.3) is 0 Å². The topological polar surface area (TPSA) is 61.8 Å². The van der Waals surface area contributed by atoms with Gasteiger partial charge in [0.2, 0.25) is 0 Å². The quantitative estimate of drug-likeness (QED) is 0.767. The van der Waals surface area contributed by atoms with E-state index in [1.54, 1.807) is 4.90 Å². The molecule has 2 aromatic carbocycles. The Morgan fingerprint density at radius 2 is 1.88 bits per heavy atom. The Balaban J connectivity index is 2.05. The summed E-state index contributed by atoms with van der Waals surface area (Å²) in [4.78, 5) is 14.0. The van der Waals surface area contributed by atoms with Crippen LogP contribution < -0.4 is 10.1 Å². The van der Waals surface area contributed by atoms with Crippen LogP contribution in [-0.4, -0.2) is 35.7 Å². The van der Waals surface area contributed by atoms with E-state index < -0.39 is 0 Å². The van der Waals surface area contributed by atoms with Crippen LogP contribution in [0.2, 0.25) is 0 Å². The molecule has 0 aliphatic carbocycles.